The van der Waals surface area contributed by atoms with Crippen molar-refractivity contribution in [1.29, 1.82) is 0 Å². The van der Waals surface area contributed by atoms with Gasteiger partial charge in [0.05, 0.1) is 23.6 Å². The average molecular weight is 437 g/mol. The topological polar surface area (TPSA) is 112 Å². The van der Waals surface area contributed by atoms with Crippen LogP contribution in [0, 0.1) is 10.1 Å². The highest BCUT2D eigenvalue weighted by Crippen LogP contribution is 2.27. The van der Waals surface area contributed by atoms with E-state index in [9.17, 15) is 14.9 Å². The fourth-order valence-corrected chi connectivity index (χ4v) is 3.79. The number of aryl methyl sites for hydroxylation is 1. The number of carbonyl (C=O) groups excluding carboxylic acids is 1. The third-order valence-electron chi connectivity index (χ3n) is 4.64. The molecule has 0 fully saturated rings. The van der Waals surface area contributed by atoms with Gasteiger partial charge in [0.1, 0.15) is 5.75 Å². The third-order valence-corrected chi connectivity index (χ3v) is 5.45. The number of aromatic nitrogens is 3. The minimum atomic E-state index is -0.444. The number of benzene rings is 2. The summed E-state index contributed by atoms with van der Waals surface area (Å²) in [6.07, 6.45) is 1.13. The number of hydrogen-bond donors (Lipinski definition) is 1. The van der Waals surface area contributed by atoms with Crippen molar-refractivity contribution in [2.24, 2.45) is 0 Å². The van der Waals surface area contributed by atoms with Crippen LogP contribution < -0.4 is 10.1 Å². The van der Waals surface area contributed by atoms with Crippen molar-refractivity contribution in [3.8, 4) is 17.0 Å². The fraction of sp³-hybridized carbons (Fsp3) is 0.190. The van der Waals surface area contributed by atoms with Crippen LogP contribution in [0.4, 0.5) is 11.6 Å². The van der Waals surface area contributed by atoms with Gasteiger partial charge in [-0.05, 0) is 36.2 Å². The second-order valence-electron chi connectivity index (χ2n) is 6.70. The maximum atomic E-state index is 12.2. The van der Waals surface area contributed by atoms with Gasteiger partial charge in [-0.1, -0.05) is 19.1 Å². The number of non-ortho nitro benzene ring substituents is 1. The SMILES string of the molecule is CCc1ccc(OCCC(=O)Nc2nc3scc(-c4ccc([N+](=O)[O-])cc4)n3n2)cc1. The number of nitrogens with one attached hydrogen (secondary N) is 1. The molecular formula is C21H19N5O4S. The Kier molecular flexibility index (Phi) is 5.89. The molecule has 4 aromatic rings. The standard InChI is InChI=1S/C21H19N5O4S/c1-2-14-3-9-17(10-4-14)30-12-11-19(27)22-20-23-21-25(24-20)18(13-31-21)15-5-7-16(8-6-15)26(28)29/h3-10,13H,2,11-12H2,1H3,(H,22,24,27). The van der Waals surface area contributed by atoms with E-state index in [1.807, 2.05) is 29.6 Å². The van der Waals surface area contributed by atoms with Crippen molar-refractivity contribution in [1.82, 2.24) is 14.6 Å². The normalized spacial score (nSPS) is 10.9. The van der Waals surface area contributed by atoms with Gasteiger partial charge >= 0.3 is 0 Å². The lowest BCUT2D eigenvalue weighted by atomic mass is 10.1. The molecule has 1 N–H and O–H groups in total. The van der Waals surface area contributed by atoms with Crippen LogP contribution in [-0.2, 0) is 11.2 Å². The number of rotatable bonds is 8. The van der Waals surface area contributed by atoms with Crippen molar-refractivity contribution < 1.29 is 14.5 Å². The summed E-state index contributed by atoms with van der Waals surface area (Å²) in [5.41, 5.74) is 2.75. The number of ether oxygens (including phenoxy) is 1. The zero-order valence-electron chi connectivity index (χ0n) is 16.6. The van der Waals surface area contributed by atoms with Gasteiger partial charge in [0.25, 0.3) is 5.69 Å². The quantitative estimate of drug-likeness (QED) is 0.324. The Morgan fingerprint density at radius 2 is 1.94 bits per heavy atom. The van der Waals surface area contributed by atoms with Crippen LogP contribution in [0.3, 0.4) is 0 Å². The van der Waals surface area contributed by atoms with Gasteiger partial charge in [-0.2, -0.15) is 4.98 Å². The highest BCUT2D eigenvalue weighted by Gasteiger charge is 2.14. The Hall–Kier alpha value is -3.79. The summed E-state index contributed by atoms with van der Waals surface area (Å²) in [6.45, 7) is 2.33. The summed E-state index contributed by atoms with van der Waals surface area (Å²) in [7, 11) is 0. The molecule has 158 valence electrons. The van der Waals surface area contributed by atoms with Gasteiger partial charge in [-0.25, -0.2) is 4.52 Å². The monoisotopic (exact) mass is 437 g/mol. The van der Waals surface area contributed by atoms with Crippen LogP contribution in [0.1, 0.15) is 18.9 Å². The number of nitro groups is 1. The summed E-state index contributed by atoms with van der Waals surface area (Å²) in [5, 5.41) is 19.7. The second-order valence-corrected chi connectivity index (χ2v) is 7.54. The molecule has 0 unspecified atom stereocenters. The first-order valence-corrected chi connectivity index (χ1v) is 10.5. The Morgan fingerprint density at radius 1 is 1.19 bits per heavy atom. The van der Waals surface area contributed by atoms with Gasteiger partial charge < -0.3 is 4.74 Å². The Morgan fingerprint density at radius 3 is 2.61 bits per heavy atom. The summed E-state index contributed by atoms with van der Waals surface area (Å²) in [4.78, 5) is 27.5. The zero-order valence-corrected chi connectivity index (χ0v) is 17.5. The van der Waals surface area contributed by atoms with Gasteiger partial charge in [-0.3, -0.25) is 20.2 Å². The van der Waals surface area contributed by atoms with Crippen molar-refractivity contribution in [3.63, 3.8) is 0 Å². The largest absolute Gasteiger partial charge is 0.493 e. The molecule has 0 saturated carbocycles. The highest BCUT2D eigenvalue weighted by molar-refractivity contribution is 7.15. The first-order valence-electron chi connectivity index (χ1n) is 9.64. The van der Waals surface area contributed by atoms with E-state index >= 15 is 0 Å². The first kappa shape index (κ1) is 20.5. The highest BCUT2D eigenvalue weighted by atomic mass is 32.1. The molecule has 0 aliphatic heterocycles. The van der Waals surface area contributed by atoms with E-state index in [1.165, 1.54) is 29.0 Å². The smallest absolute Gasteiger partial charge is 0.269 e. The molecule has 31 heavy (non-hydrogen) atoms. The lowest BCUT2D eigenvalue weighted by Gasteiger charge is -2.06. The van der Waals surface area contributed by atoms with Crippen molar-refractivity contribution in [3.05, 3.63) is 69.6 Å². The van der Waals surface area contributed by atoms with E-state index in [1.54, 1.807) is 16.6 Å². The predicted molar refractivity (Wildman–Crippen MR) is 118 cm³/mol. The second kappa shape index (κ2) is 8.92. The first-order chi connectivity index (χ1) is 15.0. The maximum Gasteiger partial charge on any atom is 0.269 e. The number of hydrogen-bond acceptors (Lipinski definition) is 7. The predicted octanol–water partition coefficient (Wildman–Crippen LogP) is 4.34. The van der Waals surface area contributed by atoms with Crippen molar-refractivity contribution in [2.45, 2.75) is 19.8 Å². The van der Waals surface area contributed by atoms with Crippen molar-refractivity contribution in [2.75, 3.05) is 11.9 Å². The van der Waals surface area contributed by atoms with Crippen LogP contribution in [0.5, 0.6) is 5.75 Å². The molecule has 0 radical (unpaired) electrons. The van der Waals surface area contributed by atoms with E-state index in [4.69, 9.17) is 4.74 Å². The van der Waals surface area contributed by atoms with E-state index in [0.717, 1.165) is 23.4 Å². The van der Waals surface area contributed by atoms with E-state index < -0.39 is 4.92 Å². The molecule has 2 heterocycles. The number of nitrogens with zero attached hydrogens (tertiary/aromatic N) is 4. The number of nitro benzene ring substituents is 1. The van der Waals surface area contributed by atoms with Crippen molar-refractivity contribution >= 4 is 33.8 Å². The summed E-state index contributed by atoms with van der Waals surface area (Å²) in [6, 6.07) is 14.0. The van der Waals surface area contributed by atoms with E-state index in [-0.39, 0.29) is 30.6 Å². The molecule has 0 aliphatic rings. The molecule has 0 saturated heterocycles. The van der Waals surface area contributed by atoms with Gasteiger partial charge in [-0.15, -0.1) is 16.4 Å². The van der Waals surface area contributed by atoms with E-state index in [2.05, 4.69) is 22.3 Å². The Labute approximate surface area is 181 Å². The molecule has 9 nitrogen and oxygen atoms in total. The zero-order chi connectivity index (χ0) is 21.8. The molecule has 1 amide bonds. The lowest BCUT2D eigenvalue weighted by molar-refractivity contribution is -0.384. The van der Waals surface area contributed by atoms with Crippen LogP contribution in [0.2, 0.25) is 0 Å². The van der Waals surface area contributed by atoms with E-state index in [0.29, 0.717) is 4.96 Å². The summed E-state index contributed by atoms with van der Waals surface area (Å²) < 4.78 is 7.21. The van der Waals surface area contributed by atoms with Gasteiger partial charge in [0, 0.05) is 23.1 Å². The van der Waals surface area contributed by atoms with Crippen LogP contribution >= 0.6 is 11.3 Å². The van der Waals surface area contributed by atoms with Crippen LogP contribution in [0.25, 0.3) is 16.2 Å². The molecule has 0 atom stereocenters. The molecule has 10 heteroatoms. The minimum Gasteiger partial charge on any atom is -0.493 e. The molecule has 0 aliphatic carbocycles. The average Bonchev–Trinajstić information content (AvgIpc) is 3.34. The number of amides is 1. The van der Waals surface area contributed by atoms with Gasteiger partial charge in [0.2, 0.25) is 16.8 Å². The molecule has 0 spiro atoms. The molecule has 2 aromatic carbocycles. The van der Waals surface area contributed by atoms with Gasteiger partial charge in [0.15, 0.2) is 0 Å². The lowest BCUT2D eigenvalue weighted by Crippen LogP contribution is -2.16. The molecule has 0 bridgehead atoms. The number of thiazole rings is 1. The Balaban J connectivity index is 1.37. The molecule has 4 rings (SSSR count). The number of anilines is 1. The fourth-order valence-electron chi connectivity index (χ4n) is 2.96. The Bertz CT molecular complexity index is 1220. The number of fused-ring (bicyclic) bond motifs is 1. The summed E-state index contributed by atoms with van der Waals surface area (Å²) >= 11 is 1.36. The number of carbonyl (C=O) groups is 1. The van der Waals surface area contributed by atoms with Crippen LogP contribution in [0.15, 0.2) is 53.9 Å². The maximum absolute atomic E-state index is 12.2. The van der Waals surface area contributed by atoms with Crippen LogP contribution in [-0.4, -0.2) is 32.0 Å². The summed E-state index contributed by atoms with van der Waals surface area (Å²) in [5.74, 6) is 0.672. The minimum absolute atomic E-state index is 0.0188. The third kappa shape index (κ3) is 4.69. The molecule has 2 aromatic heterocycles. The molecular weight excluding hydrogens is 418 g/mol.